The molecular weight excluding hydrogens is 292 g/mol. The van der Waals surface area contributed by atoms with E-state index in [1.54, 1.807) is 0 Å². The highest BCUT2D eigenvalue weighted by molar-refractivity contribution is 6.31. The highest BCUT2D eigenvalue weighted by Gasteiger charge is 2.39. The second kappa shape index (κ2) is 5.44. The van der Waals surface area contributed by atoms with Gasteiger partial charge in [0.15, 0.2) is 0 Å². The van der Waals surface area contributed by atoms with Crippen molar-refractivity contribution in [3.63, 3.8) is 0 Å². The summed E-state index contributed by atoms with van der Waals surface area (Å²) >= 11 is 6.46. The maximum Gasteiger partial charge on any atom is 0.0815 e. The van der Waals surface area contributed by atoms with Gasteiger partial charge in [0.1, 0.15) is 0 Å². The Morgan fingerprint density at radius 3 is 2.73 bits per heavy atom. The number of hydrazone groups is 1. The molecule has 0 saturated carbocycles. The van der Waals surface area contributed by atoms with Gasteiger partial charge in [-0.3, -0.25) is 5.01 Å². The van der Waals surface area contributed by atoms with Crippen molar-refractivity contribution in [2.24, 2.45) is 11.0 Å². The lowest BCUT2D eigenvalue weighted by atomic mass is 9.85. The smallest absolute Gasteiger partial charge is 0.0815 e. The molecule has 0 amide bonds. The maximum absolute atomic E-state index is 6.46. The van der Waals surface area contributed by atoms with Crippen molar-refractivity contribution < 1.29 is 0 Å². The minimum atomic E-state index is 0.245. The number of nitrogens with zero attached hydrogens (tertiary/aromatic N) is 2. The molecule has 0 bridgehead atoms. The first-order valence-corrected chi connectivity index (χ1v) is 8.27. The molecule has 2 nitrogen and oxygen atoms in total. The van der Waals surface area contributed by atoms with Crippen LogP contribution in [0.5, 0.6) is 0 Å². The number of aryl methyl sites for hydroxylation is 1. The third-order valence-electron chi connectivity index (χ3n) is 4.88. The molecule has 1 aliphatic heterocycles. The molecule has 2 aromatic carbocycles. The first kappa shape index (κ1) is 13.8. The zero-order valence-electron chi connectivity index (χ0n) is 12.7. The summed E-state index contributed by atoms with van der Waals surface area (Å²) in [6.07, 6.45) is 3.51. The lowest BCUT2D eigenvalue weighted by molar-refractivity contribution is 0.243. The largest absolute Gasteiger partial charge is 0.292 e. The summed E-state index contributed by atoms with van der Waals surface area (Å²) in [5.74, 6) is 0.425. The Labute approximate surface area is 136 Å². The predicted molar refractivity (Wildman–Crippen MR) is 91.4 cm³/mol. The monoisotopic (exact) mass is 310 g/mol. The molecule has 4 rings (SSSR count). The van der Waals surface area contributed by atoms with Gasteiger partial charge >= 0.3 is 0 Å². The van der Waals surface area contributed by atoms with Crippen LogP contribution < -0.4 is 0 Å². The topological polar surface area (TPSA) is 15.6 Å². The number of hydrogen-bond acceptors (Lipinski definition) is 2. The molecule has 112 valence electrons. The normalized spacial score (nSPS) is 23.5. The van der Waals surface area contributed by atoms with E-state index in [9.17, 15) is 0 Å². The van der Waals surface area contributed by atoms with Gasteiger partial charge in [-0.1, -0.05) is 54.1 Å². The fraction of sp³-hybridized carbons (Fsp3) is 0.316. The second-order valence-electron chi connectivity index (χ2n) is 6.18. The van der Waals surface area contributed by atoms with E-state index in [4.69, 9.17) is 16.7 Å². The van der Waals surface area contributed by atoms with Crippen molar-refractivity contribution in [3.05, 3.63) is 70.2 Å². The van der Waals surface area contributed by atoms with Crippen LogP contribution in [0.25, 0.3) is 0 Å². The zero-order chi connectivity index (χ0) is 15.1. The predicted octanol–water partition coefficient (Wildman–Crippen LogP) is 4.68. The lowest BCUT2D eigenvalue weighted by Gasteiger charge is -2.26. The van der Waals surface area contributed by atoms with Gasteiger partial charge in [0, 0.05) is 23.6 Å². The first-order chi connectivity index (χ1) is 10.8. The SMILES string of the molecule is CN1N=C2c3ccccc3CCCC2C1c1ccccc1Cl. The molecule has 22 heavy (non-hydrogen) atoms. The molecule has 0 N–H and O–H groups in total. The molecule has 2 unspecified atom stereocenters. The van der Waals surface area contributed by atoms with Crippen LogP contribution in [-0.2, 0) is 6.42 Å². The average molecular weight is 311 g/mol. The van der Waals surface area contributed by atoms with Crippen LogP contribution >= 0.6 is 11.6 Å². The molecule has 0 radical (unpaired) electrons. The van der Waals surface area contributed by atoms with Gasteiger partial charge in [-0.2, -0.15) is 5.10 Å². The molecule has 1 heterocycles. The Kier molecular flexibility index (Phi) is 3.42. The van der Waals surface area contributed by atoms with E-state index in [0.717, 1.165) is 17.9 Å². The highest BCUT2D eigenvalue weighted by Crippen LogP contribution is 2.43. The van der Waals surface area contributed by atoms with Crippen LogP contribution in [0.3, 0.4) is 0 Å². The standard InChI is InChI=1S/C19H19ClN2/c1-22-19(15-10-4-5-12-17(15)20)16-11-6-8-13-7-2-3-9-14(13)18(16)21-22/h2-5,7,9-10,12,16,19H,6,8,11H2,1H3. The van der Waals surface area contributed by atoms with Crippen molar-refractivity contribution in [2.45, 2.75) is 25.3 Å². The number of rotatable bonds is 1. The van der Waals surface area contributed by atoms with E-state index in [-0.39, 0.29) is 6.04 Å². The fourth-order valence-electron chi connectivity index (χ4n) is 3.90. The molecule has 2 atom stereocenters. The van der Waals surface area contributed by atoms with Crippen LogP contribution in [0.1, 0.15) is 35.6 Å². The quantitative estimate of drug-likeness (QED) is 0.746. The van der Waals surface area contributed by atoms with Gasteiger partial charge in [0.2, 0.25) is 0 Å². The average Bonchev–Trinajstić information content (AvgIpc) is 2.74. The number of benzene rings is 2. The number of halogens is 1. The van der Waals surface area contributed by atoms with Crippen molar-refractivity contribution in [1.82, 2.24) is 5.01 Å². The molecule has 0 fully saturated rings. The summed E-state index contributed by atoms with van der Waals surface area (Å²) in [5, 5.41) is 7.84. The van der Waals surface area contributed by atoms with Gasteiger partial charge in [0.05, 0.1) is 11.8 Å². The van der Waals surface area contributed by atoms with Crippen LogP contribution in [-0.4, -0.2) is 17.8 Å². The maximum atomic E-state index is 6.46. The fourth-order valence-corrected chi connectivity index (χ4v) is 4.15. The third-order valence-corrected chi connectivity index (χ3v) is 5.22. The second-order valence-corrected chi connectivity index (χ2v) is 6.59. The molecule has 0 spiro atoms. The van der Waals surface area contributed by atoms with Crippen molar-refractivity contribution >= 4 is 17.3 Å². The van der Waals surface area contributed by atoms with E-state index in [1.165, 1.54) is 28.8 Å². The Morgan fingerprint density at radius 1 is 1.09 bits per heavy atom. The Morgan fingerprint density at radius 2 is 1.86 bits per heavy atom. The van der Waals surface area contributed by atoms with Gasteiger partial charge in [-0.05, 0) is 36.5 Å². The highest BCUT2D eigenvalue weighted by atomic mass is 35.5. The van der Waals surface area contributed by atoms with Gasteiger partial charge in [0.25, 0.3) is 0 Å². The first-order valence-electron chi connectivity index (χ1n) is 7.90. The summed E-state index contributed by atoms with van der Waals surface area (Å²) in [6, 6.07) is 17.1. The van der Waals surface area contributed by atoms with Gasteiger partial charge < -0.3 is 0 Å². The van der Waals surface area contributed by atoms with Crippen molar-refractivity contribution in [2.75, 3.05) is 7.05 Å². The van der Waals surface area contributed by atoms with E-state index in [0.29, 0.717) is 5.92 Å². The van der Waals surface area contributed by atoms with Gasteiger partial charge in [-0.25, -0.2) is 0 Å². The van der Waals surface area contributed by atoms with Crippen LogP contribution in [0, 0.1) is 5.92 Å². The molecule has 0 saturated heterocycles. The van der Waals surface area contributed by atoms with Crippen LogP contribution in [0.4, 0.5) is 0 Å². The molecule has 3 heteroatoms. The van der Waals surface area contributed by atoms with E-state index in [1.807, 2.05) is 12.1 Å². The van der Waals surface area contributed by atoms with E-state index in [2.05, 4.69) is 48.5 Å². The van der Waals surface area contributed by atoms with Crippen LogP contribution in [0.2, 0.25) is 5.02 Å². The number of fused-ring (bicyclic) bond motifs is 3. The minimum absolute atomic E-state index is 0.245. The molecule has 2 aliphatic rings. The van der Waals surface area contributed by atoms with Crippen molar-refractivity contribution in [3.8, 4) is 0 Å². The molecule has 1 aliphatic carbocycles. The Bertz CT molecular complexity index is 738. The summed E-state index contributed by atoms with van der Waals surface area (Å²) in [4.78, 5) is 0. The summed E-state index contributed by atoms with van der Waals surface area (Å²) in [5.41, 5.74) is 5.18. The number of hydrogen-bond donors (Lipinski definition) is 0. The molecule has 0 aromatic heterocycles. The summed E-state index contributed by atoms with van der Waals surface area (Å²) in [7, 11) is 2.07. The van der Waals surface area contributed by atoms with Crippen molar-refractivity contribution in [1.29, 1.82) is 0 Å². The Hall–Kier alpha value is -1.80. The lowest BCUT2D eigenvalue weighted by Crippen LogP contribution is -2.23. The van der Waals surface area contributed by atoms with E-state index >= 15 is 0 Å². The Balaban J connectivity index is 1.80. The summed E-state index contributed by atoms with van der Waals surface area (Å²) in [6.45, 7) is 0. The zero-order valence-corrected chi connectivity index (χ0v) is 13.4. The van der Waals surface area contributed by atoms with Gasteiger partial charge in [-0.15, -0.1) is 0 Å². The molecule has 2 aromatic rings. The minimum Gasteiger partial charge on any atom is -0.292 e. The third kappa shape index (κ3) is 2.14. The van der Waals surface area contributed by atoms with Crippen LogP contribution in [0.15, 0.2) is 53.6 Å². The van der Waals surface area contributed by atoms with E-state index < -0.39 is 0 Å². The molecular formula is C19H19ClN2. The summed E-state index contributed by atoms with van der Waals surface area (Å²) < 4.78 is 0.